The monoisotopic (exact) mass is 346 g/mol. The normalized spacial score (nSPS) is 13.3. The second kappa shape index (κ2) is 10.5. The molecule has 0 heterocycles. The fraction of sp³-hybridized carbons (Fsp3) is 0.667. The van der Waals surface area contributed by atoms with Gasteiger partial charge in [0.25, 0.3) is 5.25 Å². The number of halogens is 2. The van der Waals surface area contributed by atoms with Gasteiger partial charge < -0.3 is 9.47 Å². The van der Waals surface area contributed by atoms with Gasteiger partial charge in [0.15, 0.2) is 0 Å². The van der Waals surface area contributed by atoms with Crippen molar-refractivity contribution in [3.8, 4) is 0 Å². The molecule has 0 spiro atoms. The maximum atomic E-state index is 6.54. The molecule has 1 aromatic rings. The lowest BCUT2D eigenvalue weighted by molar-refractivity contribution is -0.158. The molecule has 1 rings (SSSR count). The minimum Gasteiger partial charge on any atom is -0.340 e. The van der Waals surface area contributed by atoms with E-state index in [4.69, 9.17) is 32.7 Å². The van der Waals surface area contributed by atoms with Crippen molar-refractivity contribution < 1.29 is 9.47 Å². The summed E-state index contributed by atoms with van der Waals surface area (Å²) in [7, 11) is 3.14. The number of rotatable bonds is 11. The first-order valence-corrected chi connectivity index (χ1v) is 8.88. The van der Waals surface area contributed by atoms with Crippen LogP contribution in [0.15, 0.2) is 24.3 Å². The largest absolute Gasteiger partial charge is 0.340 e. The SMILES string of the molecule is CCCCCCCCC(c1ccccc1Cl)C(Cl)(OC)OC. The van der Waals surface area contributed by atoms with E-state index in [0.29, 0.717) is 5.02 Å². The van der Waals surface area contributed by atoms with E-state index in [0.717, 1.165) is 18.4 Å². The Labute approximate surface area is 145 Å². The molecule has 0 saturated heterocycles. The molecule has 0 radical (unpaired) electrons. The van der Waals surface area contributed by atoms with Crippen molar-refractivity contribution in [2.75, 3.05) is 14.2 Å². The van der Waals surface area contributed by atoms with Gasteiger partial charge in [-0.15, -0.1) is 0 Å². The van der Waals surface area contributed by atoms with Gasteiger partial charge in [-0.25, -0.2) is 0 Å². The smallest absolute Gasteiger partial charge is 0.254 e. The zero-order valence-corrected chi connectivity index (χ0v) is 15.4. The van der Waals surface area contributed by atoms with Crippen LogP contribution in [0.25, 0.3) is 0 Å². The fourth-order valence-electron chi connectivity index (χ4n) is 2.77. The lowest BCUT2D eigenvalue weighted by atomic mass is 9.91. The van der Waals surface area contributed by atoms with Crippen LogP contribution in [-0.4, -0.2) is 19.5 Å². The Balaban J connectivity index is 2.74. The van der Waals surface area contributed by atoms with Gasteiger partial charge in [-0.2, -0.15) is 0 Å². The predicted octanol–water partition coefficient (Wildman–Crippen LogP) is 6.36. The Kier molecular flexibility index (Phi) is 9.42. The van der Waals surface area contributed by atoms with E-state index in [-0.39, 0.29) is 5.92 Å². The molecule has 0 bridgehead atoms. The molecule has 0 aliphatic carbocycles. The molecule has 126 valence electrons. The van der Waals surface area contributed by atoms with Crippen LogP contribution >= 0.6 is 23.2 Å². The van der Waals surface area contributed by atoms with E-state index < -0.39 is 5.25 Å². The molecule has 0 fully saturated rings. The molecular formula is C18H28Cl2O2. The molecule has 0 aliphatic heterocycles. The second-order valence-corrected chi connectivity index (χ2v) is 6.56. The lowest BCUT2D eigenvalue weighted by Crippen LogP contribution is -2.34. The third-order valence-electron chi connectivity index (χ3n) is 4.10. The topological polar surface area (TPSA) is 18.5 Å². The van der Waals surface area contributed by atoms with Crippen molar-refractivity contribution in [1.29, 1.82) is 0 Å². The summed E-state index contributed by atoms with van der Waals surface area (Å²) >= 11 is 12.9. The Morgan fingerprint density at radius 1 is 1.00 bits per heavy atom. The van der Waals surface area contributed by atoms with Gasteiger partial charge in [-0.1, -0.05) is 86.8 Å². The minimum absolute atomic E-state index is 0.0935. The van der Waals surface area contributed by atoms with E-state index >= 15 is 0 Å². The fourth-order valence-corrected chi connectivity index (χ4v) is 3.26. The molecular weight excluding hydrogens is 319 g/mol. The van der Waals surface area contributed by atoms with Gasteiger partial charge in [-0.3, -0.25) is 0 Å². The van der Waals surface area contributed by atoms with Crippen LogP contribution in [0, 0.1) is 0 Å². The van der Waals surface area contributed by atoms with E-state index in [2.05, 4.69) is 6.92 Å². The zero-order chi connectivity index (χ0) is 16.4. The first-order valence-electron chi connectivity index (χ1n) is 8.12. The lowest BCUT2D eigenvalue weighted by Gasteiger charge is -2.33. The van der Waals surface area contributed by atoms with Gasteiger partial charge in [0.05, 0.1) is 5.92 Å². The molecule has 1 aromatic carbocycles. The molecule has 0 amide bonds. The van der Waals surface area contributed by atoms with Crippen LogP contribution in [0.2, 0.25) is 5.02 Å². The van der Waals surface area contributed by atoms with Crippen molar-refractivity contribution in [3.63, 3.8) is 0 Å². The molecule has 0 aromatic heterocycles. The van der Waals surface area contributed by atoms with Crippen LogP contribution in [0.1, 0.15) is 63.4 Å². The Hall–Kier alpha value is -0.280. The molecule has 0 N–H and O–H groups in total. The van der Waals surface area contributed by atoms with Crippen molar-refractivity contribution in [2.24, 2.45) is 0 Å². The average Bonchev–Trinajstić information content (AvgIpc) is 2.54. The molecule has 1 atom stereocenters. The first kappa shape index (κ1) is 19.8. The third kappa shape index (κ3) is 5.73. The Bertz CT molecular complexity index is 419. The van der Waals surface area contributed by atoms with E-state index in [1.807, 2.05) is 24.3 Å². The third-order valence-corrected chi connectivity index (χ3v) is 5.02. The number of hydrogen-bond donors (Lipinski definition) is 0. The predicted molar refractivity (Wildman–Crippen MR) is 94.8 cm³/mol. The van der Waals surface area contributed by atoms with Crippen LogP contribution in [0.4, 0.5) is 0 Å². The molecule has 0 saturated carbocycles. The summed E-state index contributed by atoms with van der Waals surface area (Å²) in [5, 5.41) is -0.466. The molecule has 22 heavy (non-hydrogen) atoms. The molecule has 2 nitrogen and oxygen atoms in total. The zero-order valence-electron chi connectivity index (χ0n) is 13.9. The Morgan fingerprint density at radius 2 is 1.59 bits per heavy atom. The van der Waals surface area contributed by atoms with Gasteiger partial charge >= 0.3 is 0 Å². The molecule has 1 unspecified atom stereocenters. The average molecular weight is 347 g/mol. The summed E-state index contributed by atoms with van der Waals surface area (Å²) in [6, 6.07) is 7.77. The van der Waals surface area contributed by atoms with Crippen LogP contribution in [0.5, 0.6) is 0 Å². The Morgan fingerprint density at radius 3 is 2.18 bits per heavy atom. The van der Waals surface area contributed by atoms with Gasteiger partial charge in [0, 0.05) is 19.2 Å². The summed E-state index contributed by atoms with van der Waals surface area (Å²) in [6.45, 7) is 2.23. The number of methoxy groups -OCH3 is 2. The van der Waals surface area contributed by atoms with Crippen molar-refractivity contribution >= 4 is 23.2 Å². The van der Waals surface area contributed by atoms with Gasteiger partial charge in [0.1, 0.15) is 0 Å². The number of unbranched alkanes of at least 4 members (excludes halogenated alkanes) is 5. The van der Waals surface area contributed by atoms with Crippen LogP contribution < -0.4 is 0 Å². The quantitative estimate of drug-likeness (QED) is 0.263. The van der Waals surface area contributed by atoms with Gasteiger partial charge in [-0.05, 0) is 18.1 Å². The minimum atomic E-state index is -1.17. The van der Waals surface area contributed by atoms with E-state index in [1.54, 1.807) is 14.2 Å². The summed E-state index contributed by atoms with van der Waals surface area (Å²) in [4.78, 5) is 0. The number of ether oxygens (including phenoxy) is 2. The summed E-state index contributed by atoms with van der Waals surface area (Å²) in [5.41, 5.74) is 0.983. The standard InChI is InChI=1S/C18H28Cl2O2/c1-4-5-6-7-8-9-13-16(18(20,21-2)22-3)15-12-10-11-14-17(15)19/h10-12,14,16H,4-9,13H2,1-3H3. The maximum Gasteiger partial charge on any atom is 0.254 e. The van der Waals surface area contributed by atoms with Crippen molar-refractivity contribution in [1.82, 2.24) is 0 Å². The first-order chi connectivity index (χ1) is 10.6. The highest BCUT2D eigenvalue weighted by atomic mass is 35.5. The maximum absolute atomic E-state index is 6.54. The highest BCUT2D eigenvalue weighted by Gasteiger charge is 2.39. The van der Waals surface area contributed by atoms with Crippen LogP contribution in [-0.2, 0) is 9.47 Å². The summed E-state index contributed by atoms with van der Waals surface area (Å²) < 4.78 is 10.9. The van der Waals surface area contributed by atoms with E-state index in [1.165, 1.54) is 32.1 Å². The number of alkyl halides is 1. The van der Waals surface area contributed by atoms with Gasteiger partial charge in [0.2, 0.25) is 0 Å². The number of hydrogen-bond acceptors (Lipinski definition) is 2. The summed E-state index contributed by atoms with van der Waals surface area (Å²) in [5.74, 6) is -0.0935. The summed E-state index contributed by atoms with van der Waals surface area (Å²) in [6.07, 6.45) is 8.30. The van der Waals surface area contributed by atoms with Crippen LogP contribution in [0.3, 0.4) is 0 Å². The highest BCUT2D eigenvalue weighted by molar-refractivity contribution is 6.31. The van der Waals surface area contributed by atoms with Crippen molar-refractivity contribution in [3.05, 3.63) is 34.9 Å². The number of benzene rings is 1. The molecule has 4 heteroatoms. The molecule has 0 aliphatic rings. The second-order valence-electron chi connectivity index (χ2n) is 5.62. The van der Waals surface area contributed by atoms with Crippen molar-refractivity contribution in [2.45, 2.75) is 63.0 Å². The highest BCUT2D eigenvalue weighted by Crippen LogP contribution is 2.41. The van der Waals surface area contributed by atoms with E-state index in [9.17, 15) is 0 Å².